The van der Waals surface area contributed by atoms with Crippen molar-refractivity contribution in [3.05, 3.63) is 89.3 Å². The largest absolute Gasteiger partial charge is 0.494 e. The first-order chi connectivity index (χ1) is 15.2. The van der Waals surface area contributed by atoms with E-state index >= 15 is 0 Å². The second kappa shape index (κ2) is 7.54. The quantitative estimate of drug-likeness (QED) is 0.503. The van der Waals surface area contributed by atoms with Crippen LogP contribution in [0.2, 0.25) is 0 Å². The van der Waals surface area contributed by atoms with Crippen LogP contribution in [-0.4, -0.2) is 16.8 Å². The van der Waals surface area contributed by atoms with Gasteiger partial charge in [0.1, 0.15) is 17.4 Å². The molecule has 0 fully saturated rings. The normalized spacial score (nSPS) is 15.3. The number of nitrogens with zero attached hydrogens (tertiary/aromatic N) is 2. The number of benzene rings is 3. The highest BCUT2D eigenvalue weighted by Crippen LogP contribution is 2.46. The van der Waals surface area contributed by atoms with Crippen LogP contribution in [0.1, 0.15) is 24.0 Å². The number of nitrogens with one attached hydrogen (secondary N) is 1. The summed E-state index contributed by atoms with van der Waals surface area (Å²) in [5.74, 6) is 0.874. The van der Waals surface area contributed by atoms with E-state index in [-0.39, 0.29) is 5.88 Å². The average molecular weight is 408 g/mol. The summed E-state index contributed by atoms with van der Waals surface area (Å²) in [7, 11) is 0. The second-order valence-electron chi connectivity index (χ2n) is 7.31. The third-order valence-electron chi connectivity index (χ3n) is 5.50. The Morgan fingerprint density at radius 3 is 2.61 bits per heavy atom. The lowest BCUT2D eigenvalue weighted by Gasteiger charge is -2.24. The van der Waals surface area contributed by atoms with Gasteiger partial charge < -0.3 is 15.2 Å². The Hall–Kier alpha value is -4.24. The average Bonchev–Trinajstić information content (AvgIpc) is 3.22. The molecule has 2 heterocycles. The maximum atomic E-state index is 9.91. The predicted molar refractivity (Wildman–Crippen MR) is 118 cm³/mol. The summed E-state index contributed by atoms with van der Waals surface area (Å²) < 4.78 is 11.3. The maximum absolute atomic E-state index is 9.91. The van der Waals surface area contributed by atoms with E-state index in [1.54, 1.807) is 0 Å². The Kier molecular flexibility index (Phi) is 4.57. The first-order valence-corrected chi connectivity index (χ1v) is 10.1. The first kappa shape index (κ1) is 18.8. The van der Waals surface area contributed by atoms with Crippen molar-refractivity contribution in [3.8, 4) is 29.0 Å². The van der Waals surface area contributed by atoms with Crippen LogP contribution in [0.15, 0.2) is 78.2 Å². The third-order valence-corrected chi connectivity index (χ3v) is 5.50. The monoisotopic (exact) mass is 408 g/mol. The molecule has 1 aromatic heterocycles. The van der Waals surface area contributed by atoms with Gasteiger partial charge in [-0.05, 0) is 47.5 Å². The summed E-state index contributed by atoms with van der Waals surface area (Å²) in [5, 5.41) is 19.6. The summed E-state index contributed by atoms with van der Waals surface area (Å²) in [5.41, 5.74) is 9.94. The predicted octanol–water partition coefficient (Wildman–Crippen LogP) is 4.85. The number of aromatic amines is 1. The van der Waals surface area contributed by atoms with Crippen molar-refractivity contribution in [2.45, 2.75) is 12.8 Å². The third kappa shape index (κ3) is 3.17. The van der Waals surface area contributed by atoms with Crippen LogP contribution in [0.25, 0.3) is 22.0 Å². The van der Waals surface area contributed by atoms with E-state index in [1.807, 2.05) is 49.4 Å². The van der Waals surface area contributed by atoms with E-state index in [0.29, 0.717) is 18.1 Å². The lowest BCUT2D eigenvalue weighted by Crippen LogP contribution is -2.21. The van der Waals surface area contributed by atoms with Gasteiger partial charge >= 0.3 is 0 Å². The molecule has 31 heavy (non-hydrogen) atoms. The minimum Gasteiger partial charge on any atom is -0.494 e. The van der Waals surface area contributed by atoms with E-state index in [9.17, 15) is 5.26 Å². The Morgan fingerprint density at radius 2 is 1.87 bits per heavy atom. The molecule has 5 rings (SSSR count). The van der Waals surface area contributed by atoms with Gasteiger partial charge in [-0.15, -0.1) is 5.10 Å². The van der Waals surface area contributed by atoms with Gasteiger partial charge in [-0.25, -0.2) is 0 Å². The molecule has 3 N–H and O–H groups in total. The van der Waals surface area contributed by atoms with Gasteiger partial charge in [0, 0.05) is 5.56 Å². The summed E-state index contributed by atoms with van der Waals surface area (Å²) in [6, 6.07) is 24.3. The fourth-order valence-electron chi connectivity index (χ4n) is 4.07. The van der Waals surface area contributed by atoms with Crippen LogP contribution in [0.3, 0.4) is 0 Å². The number of fused-ring (bicyclic) bond motifs is 2. The van der Waals surface area contributed by atoms with Crippen molar-refractivity contribution >= 4 is 10.8 Å². The Labute approximate surface area is 179 Å². The fourth-order valence-corrected chi connectivity index (χ4v) is 4.07. The van der Waals surface area contributed by atoms with Crippen molar-refractivity contribution in [1.82, 2.24) is 10.2 Å². The van der Waals surface area contributed by atoms with E-state index in [2.05, 4.69) is 40.5 Å². The van der Waals surface area contributed by atoms with E-state index in [0.717, 1.165) is 38.9 Å². The topological polar surface area (TPSA) is 97.0 Å². The van der Waals surface area contributed by atoms with Gasteiger partial charge in [0.2, 0.25) is 11.8 Å². The number of hydrogen-bond donors (Lipinski definition) is 2. The lowest BCUT2D eigenvalue weighted by atomic mass is 9.82. The zero-order valence-electron chi connectivity index (χ0n) is 16.9. The van der Waals surface area contributed by atoms with Gasteiger partial charge in [-0.2, -0.15) is 5.26 Å². The number of ether oxygens (including phenoxy) is 2. The Balaban J connectivity index is 1.68. The van der Waals surface area contributed by atoms with Gasteiger partial charge in [0.05, 0.1) is 23.8 Å². The number of hydrogen-bond acceptors (Lipinski definition) is 5. The first-order valence-electron chi connectivity index (χ1n) is 10.1. The highest BCUT2D eigenvalue weighted by Gasteiger charge is 2.35. The molecule has 0 saturated heterocycles. The molecular weight excluding hydrogens is 388 g/mol. The highest BCUT2D eigenvalue weighted by atomic mass is 16.5. The molecule has 152 valence electrons. The van der Waals surface area contributed by atoms with Gasteiger partial charge in [0.25, 0.3) is 0 Å². The van der Waals surface area contributed by atoms with Gasteiger partial charge in [0.15, 0.2) is 0 Å². The molecule has 1 atom stereocenters. The molecule has 1 aliphatic heterocycles. The van der Waals surface area contributed by atoms with E-state index in [1.165, 1.54) is 0 Å². The molecule has 6 nitrogen and oxygen atoms in total. The Bertz CT molecular complexity index is 1350. The number of H-pyrrole nitrogens is 1. The minimum absolute atomic E-state index is 0.0814. The summed E-state index contributed by atoms with van der Waals surface area (Å²) in [4.78, 5) is 0. The van der Waals surface area contributed by atoms with Crippen molar-refractivity contribution < 1.29 is 9.47 Å². The molecule has 0 saturated carbocycles. The SMILES string of the molecule is CCOc1ccc(-c2[nH]nc3c2C(c2ccc4ccccc4c2)C(C#N)=C(N)O3)cc1. The van der Waals surface area contributed by atoms with Gasteiger partial charge in [-0.3, -0.25) is 5.10 Å². The zero-order chi connectivity index (χ0) is 21.4. The standard InChI is InChI=1S/C25H20N4O2/c1-2-30-19-11-9-16(10-12-19)23-22-21(20(14-26)24(27)31-25(22)29-28-23)18-8-7-15-5-3-4-6-17(15)13-18/h3-13,21H,2,27H2,1H3,(H,28,29). The van der Waals surface area contributed by atoms with Crippen molar-refractivity contribution in [3.63, 3.8) is 0 Å². The number of rotatable bonds is 4. The van der Waals surface area contributed by atoms with E-state index in [4.69, 9.17) is 15.2 Å². The summed E-state index contributed by atoms with van der Waals surface area (Å²) >= 11 is 0. The lowest BCUT2D eigenvalue weighted by molar-refractivity contribution is 0.340. The number of nitrogens with two attached hydrogens (primary N) is 1. The molecule has 1 aliphatic rings. The fraction of sp³-hybridized carbons (Fsp3) is 0.120. The van der Waals surface area contributed by atoms with Crippen LogP contribution in [0, 0.1) is 11.3 Å². The maximum Gasteiger partial charge on any atom is 0.244 e. The second-order valence-corrected chi connectivity index (χ2v) is 7.31. The van der Waals surface area contributed by atoms with Crippen LogP contribution in [-0.2, 0) is 0 Å². The van der Waals surface area contributed by atoms with Crippen LogP contribution < -0.4 is 15.2 Å². The van der Waals surface area contributed by atoms with Crippen LogP contribution in [0.4, 0.5) is 0 Å². The molecule has 6 heteroatoms. The number of allylic oxidation sites excluding steroid dienone is 1. The number of aromatic nitrogens is 2. The smallest absolute Gasteiger partial charge is 0.244 e. The summed E-state index contributed by atoms with van der Waals surface area (Å²) in [6.07, 6.45) is 0. The molecule has 0 spiro atoms. The summed E-state index contributed by atoms with van der Waals surface area (Å²) in [6.45, 7) is 2.55. The number of nitriles is 1. The van der Waals surface area contributed by atoms with Gasteiger partial charge in [-0.1, -0.05) is 42.5 Å². The highest BCUT2D eigenvalue weighted by molar-refractivity contribution is 5.84. The Morgan fingerprint density at radius 1 is 1.10 bits per heavy atom. The minimum atomic E-state index is -0.390. The van der Waals surface area contributed by atoms with Crippen LogP contribution in [0.5, 0.6) is 11.6 Å². The molecule has 3 aromatic carbocycles. The molecular formula is C25H20N4O2. The molecule has 0 bridgehead atoms. The van der Waals surface area contributed by atoms with Crippen molar-refractivity contribution in [2.24, 2.45) is 5.73 Å². The zero-order valence-corrected chi connectivity index (χ0v) is 16.9. The molecule has 0 radical (unpaired) electrons. The molecule has 1 unspecified atom stereocenters. The van der Waals surface area contributed by atoms with Crippen molar-refractivity contribution in [1.29, 1.82) is 5.26 Å². The molecule has 0 aliphatic carbocycles. The molecule has 4 aromatic rings. The van der Waals surface area contributed by atoms with E-state index < -0.39 is 5.92 Å². The molecule has 0 amide bonds. The van der Waals surface area contributed by atoms with Crippen molar-refractivity contribution in [2.75, 3.05) is 6.61 Å². The van der Waals surface area contributed by atoms with Crippen LogP contribution >= 0.6 is 0 Å².